The monoisotopic (exact) mass is 528 g/mol. The lowest BCUT2D eigenvalue weighted by Crippen LogP contribution is -2.41. The summed E-state index contributed by atoms with van der Waals surface area (Å²) in [7, 11) is 1.63. The van der Waals surface area contributed by atoms with Crippen molar-refractivity contribution in [3.63, 3.8) is 0 Å². The van der Waals surface area contributed by atoms with E-state index in [2.05, 4.69) is 10.3 Å². The molecule has 1 atom stereocenters. The summed E-state index contributed by atoms with van der Waals surface area (Å²) < 4.78 is 17.6. The molecule has 1 aliphatic carbocycles. The van der Waals surface area contributed by atoms with E-state index in [-0.39, 0.29) is 18.6 Å². The van der Waals surface area contributed by atoms with Crippen LogP contribution in [0.15, 0.2) is 72.1 Å². The molecule has 1 saturated carbocycles. The van der Waals surface area contributed by atoms with Gasteiger partial charge >= 0.3 is 6.09 Å². The summed E-state index contributed by atoms with van der Waals surface area (Å²) in [4.78, 5) is 29.2. The summed E-state index contributed by atoms with van der Waals surface area (Å²) in [5, 5.41) is 8.89. The van der Waals surface area contributed by atoms with Crippen LogP contribution in [0.2, 0.25) is 0 Å². The molecular weight excluding hydrogens is 496 g/mol. The highest BCUT2D eigenvalue weighted by molar-refractivity contribution is 6.06. The molecule has 0 spiro atoms. The Hall–Kier alpha value is -4.40. The van der Waals surface area contributed by atoms with Gasteiger partial charge in [-0.15, -0.1) is 0 Å². The van der Waals surface area contributed by atoms with Gasteiger partial charge in [-0.1, -0.05) is 19.1 Å². The zero-order chi connectivity index (χ0) is 27.2. The van der Waals surface area contributed by atoms with Crippen LogP contribution in [0.3, 0.4) is 0 Å². The Morgan fingerprint density at radius 3 is 2.59 bits per heavy atom. The Morgan fingerprint density at radius 1 is 1.10 bits per heavy atom. The van der Waals surface area contributed by atoms with Gasteiger partial charge in [-0.3, -0.25) is 9.78 Å². The molecule has 2 amide bonds. The average molecular weight is 529 g/mol. The maximum atomic E-state index is 12.8. The van der Waals surface area contributed by atoms with Crippen molar-refractivity contribution in [3.05, 3.63) is 83.7 Å². The van der Waals surface area contributed by atoms with Crippen LogP contribution in [0, 0.1) is 0 Å². The maximum absolute atomic E-state index is 12.8. The highest BCUT2D eigenvalue weighted by Gasteiger charge is 2.31. The van der Waals surface area contributed by atoms with E-state index in [1.165, 1.54) is 24.0 Å². The number of hydrogen-bond acceptors (Lipinski definition) is 7. The molecule has 9 nitrogen and oxygen atoms in total. The standard InChI is InChI=1S/C30H32N4O5/c1-3-25-28(21-12-15-26(37-2)27(17-21)38-24-8-4-5-9-24)33-34(30(36)39-25)19-20-10-13-23(14-11-20)32-29(35)22-7-6-16-31-18-22/h6-7,10-18,24-25H,3-5,8-9,19H2,1-2H3,(H,32,35). The third kappa shape index (κ3) is 6.19. The molecule has 0 saturated heterocycles. The summed E-state index contributed by atoms with van der Waals surface area (Å²) in [6.45, 7) is 2.18. The number of ether oxygens (including phenoxy) is 3. The van der Waals surface area contributed by atoms with Crippen molar-refractivity contribution in [2.75, 3.05) is 12.4 Å². The lowest BCUT2D eigenvalue weighted by molar-refractivity contribution is 0.0712. The van der Waals surface area contributed by atoms with E-state index in [0.717, 1.165) is 24.0 Å². The van der Waals surface area contributed by atoms with Gasteiger partial charge in [0, 0.05) is 23.6 Å². The molecule has 39 heavy (non-hydrogen) atoms. The minimum Gasteiger partial charge on any atom is -0.493 e. The van der Waals surface area contributed by atoms with E-state index in [9.17, 15) is 9.59 Å². The fraction of sp³-hybridized carbons (Fsp3) is 0.333. The second kappa shape index (κ2) is 12.0. The smallest absolute Gasteiger partial charge is 0.431 e. The van der Waals surface area contributed by atoms with E-state index >= 15 is 0 Å². The molecule has 202 valence electrons. The van der Waals surface area contributed by atoms with Crippen LogP contribution in [0.1, 0.15) is 60.5 Å². The topological polar surface area (TPSA) is 102 Å². The molecule has 1 aliphatic heterocycles. The van der Waals surface area contributed by atoms with Gasteiger partial charge in [0.05, 0.1) is 25.3 Å². The van der Waals surface area contributed by atoms with E-state index in [1.54, 1.807) is 37.6 Å². The predicted octanol–water partition coefficient (Wildman–Crippen LogP) is 5.80. The number of hydrogen-bond donors (Lipinski definition) is 1. The zero-order valence-corrected chi connectivity index (χ0v) is 22.1. The number of hydrazone groups is 1. The van der Waals surface area contributed by atoms with Crippen molar-refractivity contribution in [1.29, 1.82) is 0 Å². The van der Waals surface area contributed by atoms with Gasteiger partial charge in [0.15, 0.2) is 11.5 Å². The number of cyclic esters (lactones) is 1. The summed E-state index contributed by atoms with van der Waals surface area (Å²) in [5.41, 5.74) is 3.43. The summed E-state index contributed by atoms with van der Waals surface area (Å²) in [6.07, 6.45) is 7.32. The molecule has 0 bridgehead atoms. The highest BCUT2D eigenvalue weighted by Crippen LogP contribution is 2.34. The fourth-order valence-corrected chi connectivity index (χ4v) is 4.77. The summed E-state index contributed by atoms with van der Waals surface area (Å²) in [5.74, 6) is 1.09. The number of aromatic nitrogens is 1. The first-order valence-corrected chi connectivity index (χ1v) is 13.3. The lowest BCUT2D eigenvalue weighted by atomic mass is 10.0. The number of pyridine rings is 1. The number of methoxy groups -OCH3 is 1. The number of anilines is 1. The predicted molar refractivity (Wildman–Crippen MR) is 147 cm³/mol. The first kappa shape index (κ1) is 26.2. The van der Waals surface area contributed by atoms with Gasteiger partial charge in [0.2, 0.25) is 0 Å². The molecule has 1 fully saturated rings. The molecule has 2 heterocycles. The van der Waals surface area contributed by atoms with Gasteiger partial charge in [0.25, 0.3) is 5.91 Å². The molecule has 1 unspecified atom stereocenters. The van der Waals surface area contributed by atoms with Crippen LogP contribution in [0.5, 0.6) is 11.5 Å². The first-order valence-electron chi connectivity index (χ1n) is 13.3. The minimum absolute atomic E-state index is 0.177. The lowest BCUT2D eigenvalue weighted by Gasteiger charge is -2.29. The fourth-order valence-electron chi connectivity index (χ4n) is 4.77. The third-order valence-electron chi connectivity index (χ3n) is 6.88. The summed E-state index contributed by atoms with van der Waals surface area (Å²) in [6, 6.07) is 16.4. The number of nitrogens with zero attached hydrogens (tertiary/aromatic N) is 3. The SMILES string of the molecule is CCC1OC(=O)N(Cc2ccc(NC(=O)c3cccnc3)cc2)N=C1c1ccc(OC)c(OC2CCCC2)c1. The van der Waals surface area contributed by atoms with Crippen LogP contribution in [-0.2, 0) is 11.3 Å². The van der Waals surface area contributed by atoms with Crippen molar-refractivity contribution in [2.24, 2.45) is 5.10 Å². The molecule has 5 rings (SSSR count). The Bertz CT molecular complexity index is 1340. The number of amides is 2. The average Bonchev–Trinajstić information content (AvgIpc) is 3.48. The van der Waals surface area contributed by atoms with Gasteiger partial charge in [-0.05, 0) is 80.1 Å². The van der Waals surface area contributed by atoms with Gasteiger partial charge < -0.3 is 19.5 Å². The normalized spacial score (nSPS) is 17.4. The molecule has 0 radical (unpaired) electrons. The molecule has 2 aromatic carbocycles. The number of benzene rings is 2. The van der Waals surface area contributed by atoms with Crippen molar-refractivity contribution in [1.82, 2.24) is 9.99 Å². The molecule has 9 heteroatoms. The zero-order valence-electron chi connectivity index (χ0n) is 22.1. The maximum Gasteiger partial charge on any atom is 0.431 e. The second-order valence-corrected chi connectivity index (χ2v) is 9.61. The van der Waals surface area contributed by atoms with Crippen LogP contribution in [0.25, 0.3) is 0 Å². The van der Waals surface area contributed by atoms with Crippen molar-refractivity contribution >= 4 is 23.4 Å². The van der Waals surface area contributed by atoms with E-state index < -0.39 is 12.2 Å². The number of carbonyl (C=O) groups excluding carboxylic acids is 2. The Balaban J connectivity index is 1.33. The Morgan fingerprint density at radius 2 is 1.90 bits per heavy atom. The summed E-state index contributed by atoms with van der Waals surface area (Å²) >= 11 is 0. The van der Waals surface area contributed by atoms with Gasteiger partial charge in [0.1, 0.15) is 11.8 Å². The Labute approximate surface area is 227 Å². The quantitative estimate of drug-likeness (QED) is 0.377. The first-order chi connectivity index (χ1) is 19.0. The van der Waals surface area contributed by atoms with Crippen molar-refractivity contribution in [3.8, 4) is 11.5 Å². The molecule has 1 aromatic heterocycles. The highest BCUT2D eigenvalue weighted by atomic mass is 16.6. The van der Waals surface area contributed by atoms with Gasteiger partial charge in [-0.2, -0.15) is 10.1 Å². The molecule has 1 N–H and O–H groups in total. The van der Waals surface area contributed by atoms with Crippen molar-refractivity contribution in [2.45, 2.75) is 57.8 Å². The van der Waals surface area contributed by atoms with Crippen LogP contribution in [0.4, 0.5) is 10.5 Å². The minimum atomic E-state index is -0.504. The Kier molecular flexibility index (Phi) is 8.05. The van der Waals surface area contributed by atoms with Crippen LogP contribution < -0.4 is 14.8 Å². The largest absolute Gasteiger partial charge is 0.493 e. The van der Waals surface area contributed by atoms with Gasteiger partial charge in [-0.25, -0.2) is 4.79 Å². The molecule has 2 aliphatic rings. The van der Waals surface area contributed by atoms with Crippen molar-refractivity contribution < 1.29 is 23.8 Å². The van der Waals surface area contributed by atoms with E-state index in [4.69, 9.17) is 19.3 Å². The third-order valence-corrected chi connectivity index (χ3v) is 6.88. The molecule has 3 aromatic rings. The molecular formula is C30H32N4O5. The van der Waals surface area contributed by atoms with Crippen LogP contribution in [-0.4, -0.2) is 47.0 Å². The van der Waals surface area contributed by atoms with E-state index in [0.29, 0.717) is 34.9 Å². The second-order valence-electron chi connectivity index (χ2n) is 9.61. The van der Waals surface area contributed by atoms with Crippen LogP contribution >= 0.6 is 0 Å². The number of carbonyl (C=O) groups is 2. The van der Waals surface area contributed by atoms with E-state index in [1.807, 2.05) is 37.3 Å². The number of rotatable bonds is 9. The number of nitrogens with one attached hydrogen (secondary N) is 1.